The van der Waals surface area contributed by atoms with Crippen molar-refractivity contribution in [2.24, 2.45) is 0 Å². The Morgan fingerprint density at radius 2 is 1.83 bits per heavy atom. The molecule has 1 N–H and O–H groups in total. The summed E-state index contributed by atoms with van der Waals surface area (Å²) >= 11 is 1.69. The van der Waals surface area contributed by atoms with Crippen LogP contribution in [0.1, 0.15) is 36.1 Å². The van der Waals surface area contributed by atoms with Gasteiger partial charge in [0.1, 0.15) is 5.69 Å². The Kier molecular flexibility index (Phi) is 8.32. The van der Waals surface area contributed by atoms with Crippen LogP contribution in [0.2, 0.25) is 0 Å². The molecule has 13 heteroatoms. The number of thiophene rings is 1. The van der Waals surface area contributed by atoms with Crippen molar-refractivity contribution in [3.8, 4) is 17.1 Å². The van der Waals surface area contributed by atoms with Crippen LogP contribution in [0.25, 0.3) is 21.5 Å². The van der Waals surface area contributed by atoms with Crippen LogP contribution in [0.4, 0.5) is 11.6 Å². The topological polar surface area (TPSA) is 113 Å². The number of hydrogen-bond acceptors (Lipinski definition) is 11. The number of morpholine rings is 1. The van der Waals surface area contributed by atoms with E-state index in [2.05, 4.69) is 31.3 Å². The molecule has 3 fully saturated rings. The van der Waals surface area contributed by atoms with Crippen LogP contribution in [0.15, 0.2) is 12.3 Å². The Morgan fingerprint density at radius 1 is 1.10 bits per heavy atom. The average Bonchev–Trinajstić information content (AvgIpc) is 3.61. The van der Waals surface area contributed by atoms with Gasteiger partial charge in [-0.1, -0.05) is 0 Å². The molecule has 41 heavy (non-hydrogen) atoms. The number of methoxy groups -OCH3 is 1. The van der Waals surface area contributed by atoms with Crippen molar-refractivity contribution in [2.45, 2.75) is 45.2 Å². The largest absolute Gasteiger partial charge is 0.480 e. The first-order valence-electron chi connectivity index (χ1n) is 14.4. The fourth-order valence-corrected chi connectivity index (χ4v) is 7.86. The van der Waals surface area contributed by atoms with E-state index < -0.39 is 10.0 Å². The normalized spacial score (nSPS) is 19.7. The predicted molar refractivity (Wildman–Crippen MR) is 163 cm³/mol. The molecule has 0 atom stereocenters. The summed E-state index contributed by atoms with van der Waals surface area (Å²) in [5.74, 6) is 0.870. The Morgan fingerprint density at radius 3 is 2.51 bits per heavy atom. The third kappa shape index (κ3) is 6.29. The maximum Gasteiger partial charge on any atom is 0.238 e. The van der Waals surface area contributed by atoms with E-state index in [4.69, 9.17) is 19.4 Å². The summed E-state index contributed by atoms with van der Waals surface area (Å²) in [6.45, 7) is 10.4. The van der Waals surface area contributed by atoms with Gasteiger partial charge >= 0.3 is 0 Å². The van der Waals surface area contributed by atoms with Crippen LogP contribution in [-0.2, 0) is 21.3 Å². The molecule has 0 spiro atoms. The van der Waals surface area contributed by atoms with Gasteiger partial charge in [0, 0.05) is 47.9 Å². The molecule has 6 rings (SSSR count). The van der Waals surface area contributed by atoms with Crippen LogP contribution in [0.5, 0.6) is 5.88 Å². The quantitative estimate of drug-likeness (QED) is 0.413. The number of piperidine rings is 1. The van der Waals surface area contributed by atoms with Crippen LogP contribution in [0, 0.1) is 6.92 Å². The molecule has 0 aromatic carbocycles. The number of aromatic nitrogens is 3. The highest BCUT2D eigenvalue weighted by molar-refractivity contribution is 7.92. The van der Waals surface area contributed by atoms with Gasteiger partial charge < -0.3 is 19.3 Å². The first-order valence-corrected chi connectivity index (χ1v) is 17.1. The van der Waals surface area contributed by atoms with E-state index in [-0.39, 0.29) is 11.6 Å². The Labute approximate surface area is 245 Å². The number of aryl methyl sites for hydroxylation is 1. The second-order valence-corrected chi connectivity index (χ2v) is 14.2. The van der Waals surface area contributed by atoms with Crippen molar-refractivity contribution >= 4 is 43.2 Å². The zero-order chi connectivity index (χ0) is 28.6. The lowest BCUT2D eigenvalue weighted by Crippen LogP contribution is -2.43. The fourth-order valence-electron chi connectivity index (χ4n) is 6.20. The first kappa shape index (κ1) is 28.5. The SMILES string of the molecule is COc1ncc(-c2nc(N3CCOCC3)nc3c(CN4CCC(N5CCCC5)CC4)c(C)sc23)cc1NS(C)(=O)=O. The van der Waals surface area contributed by atoms with Gasteiger partial charge in [0.15, 0.2) is 0 Å². The molecule has 0 amide bonds. The summed E-state index contributed by atoms with van der Waals surface area (Å²) in [5, 5.41) is 0. The number of rotatable bonds is 8. The molecule has 222 valence electrons. The number of sulfonamides is 1. The highest BCUT2D eigenvalue weighted by Gasteiger charge is 2.28. The average molecular weight is 602 g/mol. The Balaban J connectivity index is 1.37. The molecule has 3 saturated heterocycles. The molecule has 6 heterocycles. The van der Waals surface area contributed by atoms with Crippen LogP contribution >= 0.6 is 11.3 Å². The Bertz CT molecular complexity index is 1490. The van der Waals surface area contributed by atoms with Gasteiger partial charge in [0.2, 0.25) is 21.9 Å². The van der Waals surface area contributed by atoms with Crippen molar-refractivity contribution in [2.75, 3.05) is 75.5 Å². The molecule has 0 saturated carbocycles. The zero-order valence-corrected chi connectivity index (χ0v) is 25.7. The third-order valence-corrected chi connectivity index (χ3v) is 10.1. The lowest BCUT2D eigenvalue weighted by molar-refractivity contribution is 0.122. The highest BCUT2D eigenvalue weighted by Crippen LogP contribution is 2.40. The van der Waals surface area contributed by atoms with E-state index in [9.17, 15) is 8.42 Å². The molecule has 11 nitrogen and oxygen atoms in total. The smallest absolute Gasteiger partial charge is 0.238 e. The van der Waals surface area contributed by atoms with Crippen molar-refractivity contribution in [3.05, 3.63) is 22.7 Å². The van der Waals surface area contributed by atoms with Gasteiger partial charge in [0.25, 0.3) is 0 Å². The summed E-state index contributed by atoms with van der Waals surface area (Å²) in [5.41, 5.74) is 3.95. The Hall–Kier alpha value is -2.58. The van der Waals surface area contributed by atoms with Crippen molar-refractivity contribution in [3.63, 3.8) is 0 Å². The molecule has 3 aliphatic rings. The molecule has 3 aromatic rings. The van der Waals surface area contributed by atoms with Gasteiger partial charge in [-0.2, -0.15) is 0 Å². The lowest BCUT2D eigenvalue weighted by atomic mass is 10.0. The fraction of sp³-hybridized carbons (Fsp3) is 0.607. The molecule has 3 aromatic heterocycles. The summed E-state index contributed by atoms with van der Waals surface area (Å²) in [6.07, 6.45) is 7.91. The number of pyridine rings is 1. The minimum Gasteiger partial charge on any atom is -0.480 e. The van der Waals surface area contributed by atoms with E-state index >= 15 is 0 Å². The third-order valence-electron chi connectivity index (χ3n) is 8.32. The van der Waals surface area contributed by atoms with E-state index in [0.29, 0.717) is 30.8 Å². The number of ether oxygens (including phenoxy) is 2. The van der Waals surface area contributed by atoms with Crippen molar-refractivity contribution in [1.82, 2.24) is 24.8 Å². The number of nitrogens with one attached hydrogen (secondary N) is 1. The second-order valence-electron chi connectivity index (χ2n) is 11.2. The van der Waals surface area contributed by atoms with Crippen LogP contribution in [-0.4, -0.2) is 105 Å². The molecule has 0 bridgehead atoms. The number of anilines is 2. The van der Waals surface area contributed by atoms with Crippen molar-refractivity contribution in [1.29, 1.82) is 0 Å². The van der Waals surface area contributed by atoms with E-state index in [0.717, 1.165) is 54.9 Å². The number of likely N-dealkylation sites (tertiary alicyclic amines) is 2. The molecule has 0 aliphatic carbocycles. The van der Waals surface area contributed by atoms with Crippen LogP contribution < -0.4 is 14.4 Å². The lowest BCUT2D eigenvalue weighted by Gasteiger charge is -2.36. The van der Waals surface area contributed by atoms with Crippen LogP contribution in [0.3, 0.4) is 0 Å². The highest BCUT2D eigenvalue weighted by atomic mass is 32.2. The first-order chi connectivity index (χ1) is 19.8. The second kappa shape index (κ2) is 12.0. The maximum atomic E-state index is 12.1. The van der Waals surface area contributed by atoms with Gasteiger partial charge in [-0.25, -0.2) is 23.4 Å². The molecule has 0 unspecified atom stereocenters. The van der Waals surface area contributed by atoms with Gasteiger partial charge in [-0.05, 0) is 64.9 Å². The van der Waals surface area contributed by atoms with E-state index in [1.54, 1.807) is 23.6 Å². The predicted octanol–water partition coefficient (Wildman–Crippen LogP) is 3.34. The maximum absolute atomic E-state index is 12.1. The molecule has 3 aliphatic heterocycles. The summed E-state index contributed by atoms with van der Waals surface area (Å²) < 4.78 is 38.6. The number of fused-ring (bicyclic) bond motifs is 1. The van der Waals surface area contributed by atoms with Crippen molar-refractivity contribution < 1.29 is 17.9 Å². The van der Waals surface area contributed by atoms with Gasteiger partial charge in [0.05, 0.1) is 42.5 Å². The van der Waals surface area contributed by atoms with E-state index in [1.807, 2.05) is 0 Å². The number of hydrogen-bond donors (Lipinski definition) is 1. The number of nitrogens with zero attached hydrogens (tertiary/aromatic N) is 6. The summed E-state index contributed by atoms with van der Waals surface area (Å²) in [4.78, 5) is 23.2. The molecular formula is C28H39N7O4S2. The monoisotopic (exact) mass is 601 g/mol. The summed E-state index contributed by atoms with van der Waals surface area (Å²) in [6, 6.07) is 2.46. The van der Waals surface area contributed by atoms with Gasteiger partial charge in [-0.15, -0.1) is 11.3 Å². The molecular weight excluding hydrogens is 562 g/mol. The van der Waals surface area contributed by atoms with Gasteiger partial charge in [-0.3, -0.25) is 9.62 Å². The standard InChI is InChI=1S/C28H39N7O4S2/c1-19-22(18-33-10-6-21(7-11-33)34-8-4-5-9-34)25-26(40-19)24(30-28(31-25)35-12-14-39-15-13-35)20-16-23(32-41(3,36)37)27(38-2)29-17-20/h16-17,21,32H,4-15,18H2,1-3H3. The molecule has 0 radical (unpaired) electrons. The van der Waals surface area contributed by atoms with E-state index in [1.165, 1.54) is 56.3 Å². The minimum atomic E-state index is -3.54. The summed E-state index contributed by atoms with van der Waals surface area (Å²) in [7, 11) is -2.07. The zero-order valence-electron chi connectivity index (χ0n) is 24.1. The minimum absolute atomic E-state index is 0.207.